The van der Waals surface area contributed by atoms with Crippen LogP contribution >= 0.6 is 0 Å². The summed E-state index contributed by atoms with van der Waals surface area (Å²) in [5.41, 5.74) is 13.2. The Morgan fingerprint density at radius 1 is 1.44 bits per heavy atom. The maximum Gasteiger partial charge on any atom is 0.291 e. The van der Waals surface area contributed by atoms with Crippen LogP contribution < -0.4 is 16.5 Å². The third-order valence-corrected chi connectivity index (χ3v) is 2.32. The van der Waals surface area contributed by atoms with Gasteiger partial charge in [-0.2, -0.15) is 0 Å². The number of hydrogen-bond donors (Lipinski definition) is 3. The van der Waals surface area contributed by atoms with E-state index in [1.165, 1.54) is 5.56 Å². The van der Waals surface area contributed by atoms with Gasteiger partial charge in [-0.1, -0.05) is 18.2 Å². The van der Waals surface area contributed by atoms with E-state index < -0.39 is 5.09 Å². The second-order valence-corrected chi connectivity index (χ2v) is 3.62. The van der Waals surface area contributed by atoms with E-state index in [9.17, 15) is 0 Å². The molecule has 2 rings (SSSR count). The summed E-state index contributed by atoms with van der Waals surface area (Å²) in [4.78, 5) is 8.36. The molecule has 0 aromatic heterocycles. The molecule has 18 heavy (non-hydrogen) atoms. The van der Waals surface area contributed by atoms with Crippen LogP contribution in [0.25, 0.3) is 0 Å². The molecule has 0 fully saturated rings. The van der Waals surface area contributed by atoms with Crippen LogP contribution in [-0.4, -0.2) is 22.8 Å². The maximum absolute atomic E-state index is 8.36. The van der Waals surface area contributed by atoms with Crippen LogP contribution in [0.1, 0.15) is 12.0 Å². The first-order valence-corrected chi connectivity index (χ1v) is 5.29. The number of rotatable bonds is 1. The Bertz CT molecular complexity index is 441. The summed E-state index contributed by atoms with van der Waals surface area (Å²) in [6.45, 7) is 0.884. The Kier molecular flexibility index (Phi) is 4.73. The summed E-state index contributed by atoms with van der Waals surface area (Å²) in [5, 5.41) is 19.6. The SMILES string of the molecule is NC(N)=NN1CCCc2ccccc21.O=[N+]([O-])O. The fraction of sp³-hybridized carbons (Fsp3) is 0.300. The van der Waals surface area contributed by atoms with Crippen LogP contribution in [-0.2, 0) is 6.42 Å². The van der Waals surface area contributed by atoms with Crippen molar-refractivity contribution in [1.29, 1.82) is 0 Å². The molecule has 8 heteroatoms. The molecule has 0 spiro atoms. The molecule has 0 saturated carbocycles. The highest BCUT2D eigenvalue weighted by molar-refractivity contribution is 5.77. The fourth-order valence-corrected chi connectivity index (χ4v) is 1.76. The summed E-state index contributed by atoms with van der Waals surface area (Å²) in [5.74, 6) is 0.113. The smallest absolute Gasteiger partial charge is 0.291 e. The molecular formula is C10H15N5O3. The Morgan fingerprint density at radius 3 is 2.67 bits per heavy atom. The molecule has 0 saturated heterocycles. The van der Waals surface area contributed by atoms with Gasteiger partial charge in [0.05, 0.1) is 5.69 Å². The molecule has 0 amide bonds. The third-order valence-electron chi connectivity index (χ3n) is 2.32. The minimum atomic E-state index is -1.50. The van der Waals surface area contributed by atoms with Crippen molar-refractivity contribution in [2.24, 2.45) is 16.6 Å². The van der Waals surface area contributed by atoms with Crippen molar-refractivity contribution in [1.82, 2.24) is 0 Å². The van der Waals surface area contributed by atoms with Crippen molar-refractivity contribution in [3.05, 3.63) is 39.9 Å². The van der Waals surface area contributed by atoms with E-state index in [-0.39, 0.29) is 5.96 Å². The first kappa shape index (κ1) is 13.6. The van der Waals surface area contributed by atoms with Gasteiger partial charge in [-0.05, 0) is 24.5 Å². The van der Waals surface area contributed by atoms with Crippen LogP contribution in [0.4, 0.5) is 5.69 Å². The molecule has 1 aliphatic rings. The van der Waals surface area contributed by atoms with Crippen LogP contribution in [0.5, 0.6) is 0 Å². The number of anilines is 1. The number of guanidine groups is 1. The van der Waals surface area contributed by atoms with Crippen molar-refractivity contribution in [2.75, 3.05) is 11.6 Å². The molecule has 0 atom stereocenters. The minimum absolute atomic E-state index is 0.113. The summed E-state index contributed by atoms with van der Waals surface area (Å²) >= 11 is 0. The van der Waals surface area contributed by atoms with Gasteiger partial charge in [0.25, 0.3) is 5.09 Å². The molecular weight excluding hydrogens is 238 g/mol. The monoisotopic (exact) mass is 253 g/mol. The van der Waals surface area contributed by atoms with Crippen LogP contribution in [0.15, 0.2) is 29.4 Å². The number of aryl methyl sites for hydroxylation is 1. The van der Waals surface area contributed by atoms with E-state index in [4.69, 9.17) is 26.8 Å². The minimum Gasteiger partial charge on any atom is -0.369 e. The highest BCUT2D eigenvalue weighted by Gasteiger charge is 2.15. The topological polar surface area (TPSA) is 131 Å². The predicted octanol–water partition coefficient (Wildman–Crippen LogP) is 0.280. The van der Waals surface area contributed by atoms with E-state index in [2.05, 4.69) is 11.2 Å². The zero-order valence-electron chi connectivity index (χ0n) is 9.69. The standard InChI is InChI=1S/C10H14N4.HNO3/c11-10(12)13-14-7-3-5-8-4-1-2-6-9(8)14;2-1(3)4/h1-2,4,6H,3,5,7H2,(H4,11,12,13);(H,2,3,4). The van der Waals surface area contributed by atoms with Gasteiger partial charge in [-0.3, -0.25) is 5.01 Å². The van der Waals surface area contributed by atoms with Gasteiger partial charge in [0, 0.05) is 6.54 Å². The zero-order valence-corrected chi connectivity index (χ0v) is 9.69. The number of hydrazone groups is 1. The number of hydrogen-bond acceptors (Lipinski definition) is 4. The number of nitrogens with zero attached hydrogens (tertiary/aromatic N) is 3. The fourth-order valence-electron chi connectivity index (χ4n) is 1.76. The lowest BCUT2D eigenvalue weighted by atomic mass is 10.0. The van der Waals surface area contributed by atoms with Gasteiger partial charge in [0.15, 0.2) is 0 Å². The highest BCUT2D eigenvalue weighted by atomic mass is 16.9. The second-order valence-electron chi connectivity index (χ2n) is 3.62. The van der Waals surface area contributed by atoms with E-state index in [1.54, 1.807) is 0 Å². The summed E-state index contributed by atoms with van der Waals surface area (Å²) < 4.78 is 0. The number of para-hydroxylation sites is 1. The summed E-state index contributed by atoms with van der Waals surface area (Å²) in [7, 11) is 0. The van der Waals surface area contributed by atoms with Gasteiger partial charge in [-0.15, -0.1) is 15.2 Å². The molecule has 0 aliphatic carbocycles. The third kappa shape index (κ3) is 4.16. The van der Waals surface area contributed by atoms with Gasteiger partial charge in [0.2, 0.25) is 5.96 Å². The van der Waals surface area contributed by atoms with Gasteiger partial charge in [-0.25, -0.2) is 0 Å². The maximum atomic E-state index is 8.36. The van der Waals surface area contributed by atoms with Crippen molar-refractivity contribution in [2.45, 2.75) is 12.8 Å². The lowest BCUT2D eigenvalue weighted by Gasteiger charge is -2.26. The molecule has 1 aromatic rings. The first-order valence-electron chi connectivity index (χ1n) is 5.29. The molecule has 5 N–H and O–H groups in total. The Hall–Kier alpha value is -2.51. The second kappa shape index (κ2) is 6.28. The quantitative estimate of drug-likeness (QED) is 0.285. The van der Waals surface area contributed by atoms with Gasteiger partial charge >= 0.3 is 0 Å². The number of fused-ring (bicyclic) bond motifs is 1. The Morgan fingerprint density at radius 2 is 2.06 bits per heavy atom. The van der Waals surface area contributed by atoms with Gasteiger partial charge in [0.1, 0.15) is 0 Å². The van der Waals surface area contributed by atoms with E-state index >= 15 is 0 Å². The van der Waals surface area contributed by atoms with E-state index in [0.29, 0.717) is 0 Å². The zero-order chi connectivity index (χ0) is 13.5. The summed E-state index contributed by atoms with van der Waals surface area (Å²) in [6, 6.07) is 8.20. The van der Waals surface area contributed by atoms with Crippen molar-refractivity contribution < 1.29 is 10.3 Å². The first-order chi connectivity index (χ1) is 8.50. The molecule has 1 heterocycles. The largest absolute Gasteiger partial charge is 0.369 e. The van der Waals surface area contributed by atoms with E-state index in [0.717, 1.165) is 25.1 Å². The molecule has 1 aromatic carbocycles. The molecule has 0 unspecified atom stereocenters. The Balaban J connectivity index is 0.000000357. The normalized spacial score (nSPS) is 12.8. The lowest BCUT2D eigenvalue weighted by Crippen LogP contribution is -2.31. The summed E-state index contributed by atoms with van der Waals surface area (Å²) in [6.07, 6.45) is 2.19. The average molecular weight is 253 g/mol. The number of nitrogens with two attached hydrogens (primary N) is 2. The average Bonchev–Trinajstić information content (AvgIpc) is 2.28. The van der Waals surface area contributed by atoms with Crippen molar-refractivity contribution in [3.63, 3.8) is 0 Å². The highest BCUT2D eigenvalue weighted by Crippen LogP contribution is 2.26. The lowest BCUT2D eigenvalue weighted by molar-refractivity contribution is -0.742. The molecule has 8 nitrogen and oxygen atoms in total. The molecule has 98 valence electrons. The van der Waals surface area contributed by atoms with Crippen LogP contribution in [0.3, 0.4) is 0 Å². The molecule has 0 bridgehead atoms. The van der Waals surface area contributed by atoms with Crippen LogP contribution in [0, 0.1) is 10.1 Å². The van der Waals surface area contributed by atoms with Gasteiger partial charge < -0.3 is 16.7 Å². The predicted molar refractivity (Wildman–Crippen MR) is 66.7 cm³/mol. The molecule has 0 radical (unpaired) electrons. The number of benzene rings is 1. The Labute approximate surface area is 104 Å². The van der Waals surface area contributed by atoms with Crippen LogP contribution in [0.2, 0.25) is 0 Å². The van der Waals surface area contributed by atoms with E-state index in [1.807, 2.05) is 23.2 Å². The molecule has 1 aliphatic heterocycles. The van der Waals surface area contributed by atoms with Crippen molar-refractivity contribution in [3.8, 4) is 0 Å². The van der Waals surface area contributed by atoms with Crippen molar-refractivity contribution >= 4 is 11.6 Å².